The maximum absolute atomic E-state index is 14.0. The Morgan fingerprint density at radius 1 is 1.38 bits per heavy atom. The van der Waals surface area contributed by atoms with Gasteiger partial charge in [-0.1, -0.05) is 6.42 Å². The first-order valence-corrected chi connectivity index (χ1v) is 9.17. The summed E-state index contributed by atoms with van der Waals surface area (Å²) in [5, 5.41) is -0.714. The first kappa shape index (κ1) is 16.8. The van der Waals surface area contributed by atoms with Gasteiger partial charge < -0.3 is 0 Å². The second-order valence-corrected chi connectivity index (χ2v) is 8.39. The highest BCUT2D eigenvalue weighted by Gasteiger charge is 2.36. The molecule has 1 fully saturated rings. The third kappa shape index (κ3) is 3.61. The maximum Gasteiger partial charge on any atom is 0.154 e. The number of rotatable bonds is 4. The molecular weight excluding hydrogens is 366 g/mol. The van der Waals surface area contributed by atoms with Crippen molar-refractivity contribution in [1.29, 1.82) is 0 Å². The molecule has 1 aromatic rings. The van der Waals surface area contributed by atoms with Crippen LogP contribution in [0.1, 0.15) is 24.8 Å². The second-order valence-electron chi connectivity index (χ2n) is 5.20. The van der Waals surface area contributed by atoms with E-state index in [4.69, 9.17) is 5.84 Å². The fraction of sp³-hybridized carbons (Fsp3) is 0.538. The van der Waals surface area contributed by atoms with E-state index in [9.17, 15) is 17.2 Å². The van der Waals surface area contributed by atoms with Crippen molar-refractivity contribution in [2.75, 3.05) is 5.75 Å². The molecule has 1 aliphatic heterocycles. The quantitative estimate of drug-likeness (QED) is 0.475. The SMILES string of the molecule is NNC(Cc1c(F)ccc(Br)c1F)C1CCCCS1(=O)=O. The highest BCUT2D eigenvalue weighted by molar-refractivity contribution is 9.10. The number of sulfone groups is 1. The van der Waals surface area contributed by atoms with E-state index in [1.807, 2.05) is 0 Å². The maximum atomic E-state index is 14.0. The number of benzene rings is 1. The number of hydrogen-bond acceptors (Lipinski definition) is 4. The van der Waals surface area contributed by atoms with Crippen LogP contribution in [0.15, 0.2) is 16.6 Å². The van der Waals surface area contributed by atoms with Crippen LogP contribution < -0.4 is 11.3 Å². The molecule has 0 aromatic heterocycles. The van der Waals surface area contributed by atoms with Crippen molar-refractivity contribution in [3.8, 4) is 0 Å². The normalized spacial score (nSPS) is 23.0. The Kier molecular flexibility index (Phi) is 5.34. The summed E-state index contributed by atoms with van der Waals surface area (Å²) in [6.07, 6.45) is 1.73. The Bertz CT molecular complexity index is 625. The lowest BCUT2D eigenvalue weighted by molar-refractivity contribution is 0.427. The Morgan fingerprint density at radius 3 is 2.71 bits per heavy atom. The fourth-order valence-electron chi connectivity index (χ4n) is 2.70. The van der Waals surface area contributed by atoms with Gasteiger partial charge in [-0.15, -0.1) is 0 Å². The van der Waals surface area contributed by atoms with E-state index >= 15 is 0 Å². The second kappa shape index (κ2) is 6.68. The predicted octanol–water partition coefficient (Wildman–Crippen LogP) is 2.07. The van der Waals surface area contributed by atoms with Crippen molar-refractivity contribution in [3.05, 3.63) is 33.8 Å². The van der Waals surface area contributed by atoms with Gasteiger partial charge in [0.2, 0.25) is 0 Å². The molecule has 4 nitrogen and oxygen atoms in total. The van der Waals surface area contributed by atoms with E-state index < -0.39 is 32.8 Å². The molecule has 0 amide bonds. The monoisotopic (exact) mass is 382 g/mol. The Labute approximate surface area is 131 Å². The van der Waals surface area contributed by atoms with Gasteiger partial charge in [-0.3, -0.25) is 11.3 Å². The Morgan fingerprint density at radius 2 is 2.10 bits per heavy atom. The highest BCUT2D eigenvalue weighted by Crippen LogP contribution is 2.27. The topological polar surface area (TPSA) is 72.2 Å². The zero-order chi connectivity index (χ0) is 15.6. The fourth-order valence-corrected chi connectivity index (χ4v) is 5.19. The van der Waals surface area contributed by atoms with E-state index in [1.165, 1.54) is 6.07 Å². The summed E-state index contributed by atoms with van der Waals surface area (Å²) < 4.78 is 52.2. The van der Waals surface area contributed by atoms with Gasteiger partial charge in [0, 0.05) is 11.6 Å². The lowest BCUT2D eigenvalue weighted by atomic mass is 9.99. The zero-order valence-electron chi connectivity index (χ0n) is 11.3. The molecule has 1 heterocycles. The minimum atomic E-state index is -3.29. The van der Waals surface area contributed by atoms with Crippen LogP contribution in [0.5, 0.6) is 0 Å². The van der Waals surface area contributed by atoms with Crippen molar-refractivity contribution >= 4 is 25.8 Å². The summed E-state index contributed by atoms with van der Waals surface area (Å²) in [6, 6.07) is 1.70. The third-order valence-electron chi connectivity index (χ3n) is 3.85. The van der Waals surface area contributed by atoms with Gasteiger partial charge in [0.25, 0.3) is 0 Å². The molecule has 1 saturated heterocycles. The van der Waals surface area contributed by atoms with E-state index in [0.717, 1.165) is 12.5 Å². The molecule has 0 bridgehead atoms. The largest absolute Gasteiger partial charge is 0.271 e. The first-order valence-electron chi connectivity index (χ1n) is 6.67. The molecule has 1 aliphatic rings. The van der Waals surface area contributed by atoms with Crippen LogP contribution in [0, 0.1) is 11.6 Å². The van der Waals surface area contributed by atoms with Crippen molar-refractivity contribution in [2.45, 2.75) is 37.0 Å². The van der Waals surface area contributed by atoms with Crippen LogP contribution in [-0.2, 0) is 16.3 Å². The number of nitrogens with two attached hydrogens (primary N) is 1. The minimum absolute atomic E-state index is 0.0965. The molecule has 118 valence electrons. The van der Waals surface area contributed by atoms with Gasteiger partial charge in [0.1, 0.15) is 11.6 Å². The summed E-state index contributed by atoms with van der Waals surface area (Å²) >= 11 is 3.00. The molecule has 0 spiro atoms. The van der Waals surface area contributed by atoms with Gasteiger partial charge in [0.15, 0.2) is 9.84 Å². The summed E-state index contributed by atoms with van der Waals surface area (Å²) in [5.74, 6) is 4.11. The number of hydrogen-bond donors (Lipinski definition) is 2. The van der Waals surface area contributed by atoms with E-state index in [1.54, 1.807) is 0 Å². The molecule has 1 aromatic carbocycles. The summed E-state index contributed by atoms with van der Waals surface area (Å²) in [6.45, 7) is 0. The van der Waals surface area contributed by atoms with Crippen LogP contribution in [0.3, 0.4) is 0 Å². The van der Waals surface area contributed by atoms with Crippen LogP contribution in [0.4, 0.5) is 8.78 Å². The molecule has 2 rings (SSSR count). The molecule has 0 radical (unpaired) electrons. The van der Waals surface area contributed by atoms with Gasteiger partial charge in [0.05, 0.1) is 15.5 Å². The molecule has 0 aliphatic carbocycles. The minimum Gasteiger partial charge on any atom is -0.271 e. The lowest BCUT2D eigenvalue weighted by Gasteiger charge is -2.29. The number of nitrogens with one attached hydrogen (secondary N) is 1. The lowest BCUT2D eigenvalue weighted by Crippen LogP contribution is -2.50. The average molecular weight is 383 g/mol. The Hall–Kier alpha value is -0.570. The van der Waals surface area contributed by atoms with Crippen molar-refractivity contribution in [3.63, 3.8) is 0 Å². The first-order chi connectivity index (χ1) is 9.86. The zero-order valence-corrected chi connectivity index (χ0v) is 13.7. The molecule has 8 heteroatoms. The molecule has 2 atom stereocenters. The van der Waals surface area contributed by atoms with Gasteiger partial charge in [-0.25, -0.2) is 17.2 Å². The van der Waals surface area contributed by atoms with Crippen LogP contribution in [-0.4, -0.2) is 25.5 Å². The van der Waals surface area contributed by atoms with Gasteiger partial charge in [-0.05, 0) is 47.3 Å². The van der Waals surface area contributed by atoms with Crippen molar-refractivity contribution in [1.82, 2.24) is 5.43 Å². The summed E-state index contributed by atoms with van der Waals surface area (Å²) in [7, 11) is -3.29. The average Bonchev–Trinajstić information content (AvgIpc) is 2.44. The van der Waals surface area contributed by atoms with Crippen molar-refractivity contribution in [2.24, 2.45) is 5.84 Å². The standard InChI is InChI=1S/C13H17BrF2N2O2S/c14-9-4-5-10(15)8(13(9)16)7-11(18-17)12-3-1-2-6-21(12,19)20/h4-5,11-12,18H,1-3,6-7,17H2. The van der Waals surface area contributed by atoms with Crippen LogP contribution in [0.2, 0.25) is 0 Å². The highest BCUT2D eigenvalue weighted by atomic mass is 79.9. The van der Waals surface area contributed by atoms with E-state index in [-0.39, 0.29) is 22.2 Å². The molecular formula is C13H17BrF2N2O2S. The van der Waals surface area contributed by atoms with E-state index in [2.05, 4.69) is 21.4 Å². The predicted molar refractivity (Wildman–Crippen MR) is 80.3 cm³/mol. The molecule has 0 saturated carbocycles. The van der Waals surface area contributed by atoms with Gasteiger partial charge in [-0.2, -0.15) is 0 Å². The van der Waals surface area contributed by atoms with Crippen LogP contribution >= 0.6 is 15.9 Å². The number of hydrazine groups is 1. The van der Waals surface area contributed by atoms with Crippen LogP contribution in [0.25, 0.3) is 0 Å². The van der Waals surface area contributed by atoms with E-state index in [0.29, 0.717) is 12.8 Å². The van der Waals surface area contributed by atoms with Gasteiger partial charge >= 0.3 is 0 Å². The van der Waals surface area contributed by atoms with Crippen molar-refractivity contribution < 1.29 is 17.2 Å². The summed E-state index contributed by atoms with van der Waals surface area (Å²) in [5.41, 5.74) is 2.26. The summed E-state index contributed by atoms with van der Waals surface area (Å²) in [4.78, 5) is 0. The third-order valence-corrected chi connectivity index (χ3v) is 6.81. The Balaban J connectivity index is 2.30. The number of halogens is 3. The molecule has 3 N–H and O–H groups in total. The molecule has 21 heavy (non-hydrogen) atoms. The molecule has 2 unspecified atom stereocenters. The smallest absolute Gasteiger partial charge is 0.154 e.